The van der Waals surface area contributed by atoms with Crippen molar-refractivity contribution in [1.29, 1.82) is 0 Å². The number of methoxy groups -OCH3 is 1. The van der Waals surface area contributed by atoms with E-state index >= 15 is 0 Å². The topological polar surface area (TPSA) is 26.5 Å². The summed E-state index contributed by atoms with van der Waals surface area (Å²) in [4.78, 5) is 0. The van der Waals surface area contributed by atoms with Crippen molar-refractivity contribution < 1.29 is 4.74 Å². The number of ether oxygens (including phenoxy) is 1. The predicted octanol–water partition coefficient (Wildman–Crippen LogP) is 3.44. The predicted molar refractivity (Wildman–Crippen MR) is 65.5 cm³/mol. The summed E-state index contributed by atoms with van der Waals surface area (Å²) in [5.74, 6) is 0.830. The Morgan fingerprint density at radius 1 is 1.40 bits per heavy atom. The first kappa shape index (κ1) is 12.0. The third kappa shape index (κ3) is 2.31. The molecule has 2 heterocycles. The molecule has 2 aromatic rings. The van der Waals surface area contributed by atoms with Gasteiger partial charge in [-0.15, -0.1) is 0 Å². The number of nitrogens with zero attached hydrogens (tertiary/aromatic N) is 2. The molecule has 0 aliphatic carbocycles. The lowest BCUT2D eigenvalue weighted by atomic mass is 10.3. The van der Waals surface area contributed by atoms with Crippen molar-refractivity contribution in [2.24, 2.45) is 0 Å². The Balaban J connectivity index is 0.000000531. The fourth-order valence-corrected chi connectivity index (χ4v) is 1.73. The Hall–Kier alpha value is -1.03. The Morgan fingerprint density at radius 2 is 2.07 bits per heavy atom. The van der Waals surface area contributed by atoms with E-state index in [2.05, 4.69) is 21.0 Å². The molecule has 0 aliphatic heterocycles. The molecule has 0 atom stereocenters. The third-order valence-corrected chi connectivity index (χ3v) is 2.58. The molecule has 0 radical (unpaired) electrons. The van der Waals surface area contributed by atoms with Gasteiger partial charge in [0.1, 0.15) is 5.75 Å². The smallest absolute Gasteiger partial charge is 0.136 e. The van der Waals surface area contributed by atoms with Crippen molar-refractivity contribution in [1.82, 2.24) is 9.61 Å². The standard InChI is InChI=1S/C9H9BrN2O.C2H6/c1-6-4-11-12-5-7(10)9(13-2)3-8(6)12;1-2/h3-5H,1-2H3;1-2H3. The summed E-state index contributed by atoms with van der Waals surface area (Å²) in [6.07, 6.45) is 3.72. The maximum Gasteiger partial charge on any atom is 0.136 e. The van der Waals surface area contributed by atoms with Crippen molar-refractivity contribution in [3.8, 4) is 5.75 Å². The largest absolute Gasteiger partial charge is 0.495 e. The fraction of sp³-hybridized carbons (Fsp3) is 0.364. The van der Waals surface area contributed by atoms with Gasteiger partial charge in [-0.1, -0.05) is 13.8 Å². The molecule has 0 saturated heterocycles. The van der Waals surface area contributed by atoms with Crippen LogP contribution in [0.5, 0.6) is 5.75 Å². The zero-order valence-electron chi connectivity index (χ0n) is 9.41. The van der Waals surface area contributed by atoms with Crippen molar-refractivity contribution in [2.75, 3.05) is 7.11 Å². The van der Waals surface area contributed by atoms with Crippen LogP contribution >= 0.6 is 15.9 Å². The summed E-state index contributed by atoms with van der Waals surface area (Å²) in [6.45, 7) is 6.02. The van der Waals surface area contributed by atoms with Gasteiger partial charge in [-0.25, -0.2) is 4.52 Å². The van der Waals surface area contributed by atoms with Crippen LogP contribution in [-0.2, 0) is 0 Å². The van der Waals surface area contributed by atoms with E-state index in [1.165, 1.54) is 0 Å². The van der Waals surface area contributed by atoms with Gasteiger partial charge in [-0.05, 0) is 28.4 Å². The van der Waals surface area contributed by atoms with E-state index in [0.29, 0.717) is 0 Å². The molecule has 0 aromatic carbocycles. The van der Waals surface area contributed by atoms with Crippen LogP contribution < -0.4 is 4.74 Å². The zero-order valence-corrected chi connectivity index (χ0v) is 11.0. The quantitative estimate of drug-likeness (QED) is 0.794. The van der Waals surface area contributed by atoms with Crippen molar-refractivity contribution >= 4 is 21.4 Å². The first-order valence-electron chi connectivity index (χ1n) is 4.90. The minimum Gasteiger partial charge on any atom is -0.495 e. The van der Waals surface area contributed by atoms with E-state index in [-0.39, 0.29) is 0 Å². The van der Waals surface area contributed by atoms with Crippen LogP contribution in [0.3, 0.4) is 0 Å². The summed E-state index contributed by atoms with van der Waals surface area (Å²) in [5, 5.41) is 4.19. The average Bonchev–Trinajstić information content (AvgIpc) is 2.61. The summed E-state index contributed by atoms with van der Waals surface area (Å²) in [7, 11) is 1.66. The Morgan fingerprint density at radius 3 is 2.67 bits per heavy atom. The van der Waals surface area contributed by atoms with E-state index in [1.807, 2.05) is 43.7 Å². The first-order valence-corrected chi connectivity index (χ1v) is 5.69. The molecule has 2 rings (SSSR count). The van der Waals surface area contributed by atoms with Gasteiger partial charge in [0.15, 0.2) is 0 Å². The van der Waals surface area contributed by atoms with Gasteiger partial charge >= 0.3 is 0 Å². The van der Waals surface area contributed by atoms with E-state index in [9.17, 15) is 0 Å². The van der Waals surface area contributed by atoms with Gasteiger partial charge in [0, 0.05) is 12.3 Å². The summed E-state index contributed by atoms with van der Waals surface area (Å²) < 4.78 is 7.92. The molecule has 3 nitrogen and oxygen atoms in total. The van der Waals surface area contributed by atoms with Crippen LogP contribution in [0.2, 0.25) is 0 Å². The lowest BCUT2D eigenvalue weighted by molar-refractivity contribution is 0.411. The van der Waals surface area contributed by atoms with Gasteiger partial charge in [0.2, 0.25) is 0 Å². The molecule has 0 N–H and O–H groups in total. The fourth-order valence-electron chi connectivity index (χ4n) is 1.26. The van der Waals surface area contributed by atoms with Crippen LogP contribution in [0.4, 0.5) is 0 Å². The van der Waals surface area contributed by atoms with Gasteiger partial charge in [-0.2, -0.15) is 5.10 Å². The van der Waals surface area contributed by atoms with Crippen LogP contribution in [0, 0.1) is 6.92 Å². The van der Waals surface area contributed by atoms with Crippen molar-refractivity contribution in [3.05, 3.63) is 28.5 Å². The second-order valence-electron chi connectivity index (χ2n) is 2.85. The second kappa shape index (κ2) is 5.16. The minimum atomic E-state index is 0.830. The SMILES string of the molecule is CC.COc1cc2c(C)cnn2cc1Br. The highest BCUT2D eigenvalue weighted by Crippen LogP contribution is 2.26. The molecule has 4 heteroatoms. The molecule has 0 unspecified atom stereocenters. The van der Waals surface area contributed by atoms with Crippen LogP contribution in [0.25, 0.3) is 5.52 Å². The highest BCUT2D eigenvalue weighted by atomic mass is 79.9. The maximum atomic E-state index is 5.19. The number of halogens is 1. The molecule has 82 valence electrons. The Labute approximate surface area is 98.2 Å². The minimum absolute atomic E-state index is 0.830. The molecular weight excluding hydrogens is 256 g/mol. The number of pyridine rings is 1. The van der Waals surface area contributed by atoms with Crippen molar-refractivity contribution in [2.45, 2.75) is 20.8 Å². The monoisotopic (exact) mass is 270 g/mol. The zero-order chi connectivity index (χ0) is 11.4. The van der Waals surface area contributed by atoms with Crippen molar-refractivity contribution in [3.63, 3.8) is 0 Å². The van der Waals surface area contributed by atoms with E-state index in [0.717, 1.165) is 21.3 Å². The number of aryl methyl sites for hydroxylation is 1. The lowest BCUT2D eigenvalue weighted by Gasteiger charge is -2.03. The second-order valence-corrected chi connectivity index (χ2v) is 3.70. The van der Waals surface area contributed by atoms with Crippen LogP contribution in [-0.4, -0.2) is 16.7 Å². The molecule has 0 fully saturated rings. The average molecular weight is 271 g/mol. The van der Waals surface area contributed by atoms with E-state index in [4.69, 9.17) is 4.74 Å². The summed E-state index contributed by atoms with van der Waals surface area (Å²) >= 11 is 3.40. The molecule has 15 heavy (non-hydrogen) atoms. The number of rotatable bonds is 1. The van der Waals surface area contributed by atoms with Crippen LogP contribution in [0.1, 0.15) is 19.4 Å². The molecule has 2 aromatic heterocycles. The first-order chi connectivity index (χ1) is 7.22. The van der Waals surface area contributed by atoms with Gasteiger partial charge in [-0.3, -0.25) is 0 Å². The van der Waals surface area contributed by atoms with Crippen LogP contribution in [0.15, 0.2) is 22.9 Å². The number of hydrogen-bond acceptors (Lipinski definition) is 2. The maximum absolute atomic E-state index is 5.19. The Kier molecular flexibility index (Phi) is 4.15. The molecule has 0 aliphatic rings. The number of fused-ring (bicyclic) bond motifs is 1. The number of aromatic nitrogens is 2. The highest BCUT2D eigenvalue weighted by Gasteiger charge is 2.05. The molecule has 0 spiro atoms. The summed E-state index contributed by atoms with van der Waals surface area (Å²) in [5.41, 5.74) is 2.21. The van der Waals surface area contributed by atoms with Gasteiger partial charge < -0.3 is 4.74 Å². The molecule has 0 bridgehead atoms. The molecule has 0 amide bonds. The lowest BCUT2D eigenvalue weighted by Crippen LogP contribution is -1.90. The van der Waals surface area contributed by atoms with Gasteiger partial charge in [0.25, 0.3) is 0 Å². The normalized spacial score (nSPS) is 9.67. The third-order valence-electron chi connectivity index (χ3n) is 1.99. The van der Waals surface area contributed by atoms with E-state index < -0.39 is 0 Å². The highest BCUT2D eigenvalue weighted by molar-refractivity contribution is 9.10. The molecular formula is C11H15BrN2O. The van der Waals surface area contributed by atoms with Gasteiger partial charge in [0.05, 0.1) is 23.3 Å². The number of hydrogen-bond donors (Lipinski definition) is 0. The Bertz CT molecular complexity index is 451. The summed E-state index contributed by atoms with van der Waals surface area (Å²) in [6, 6.07) is 1.96. The van der Waals surface area contributed by atoms with E-state index in [1.54, 1.807) is 7.11 Å². The molecule has 0 saturated carbocycles.